The van der Waals surface area contributed by atoms with E-state index in [-0.39, 0.29) is 11.8 Å². The van der Waals surface area contributed by atoms with E-state index in [1.165, 1.54) is 5.56 Å². The van der Waals surface area contributed by atoms with Gasteiger partial charge < -0.3 is 5.32 Å². The lowest BCUT2D eigenvalue weighted by Crippen LogP contribution is -2.30. The molecule has 3 aromatic rings. The summed E-state index contributed by atoms with van der Waals surface area (Å²) in [7, 11) is 0. The lowest BCUT2D eigenvalue weighted by molar-refractivity contribution is -0.125. The van der Waals surface area contributed by atoms with Crippen LogP contribution in [0.1, 0.15) is 30.4 Å². The van der Waals surface area contributed by atoms with Gasteiger partial charge in [0.25, 0.3) is 0 Å². The van der Waals surface area contributed by atoms with Crippen molar-refractivity contribution in [3.05, 3.63) is 90.1 Å². The average molecular weight is 371 g/mol. The zero-order valence-electron chi connectivity index (χ0n) is 15.9. The van der Waals surface area contributed by atoms with Gasteiger partial charge in [-0.15, -0.1) is 0 Å². The Labute approximate surface area is 165 Å². The number of hydrogen-bond acceptors (Lipinski definition) is 2. The van der Waals surface area contributed by atoms with Crippen LogP contribution in [0.4, 0.5) is 0 Å². The predicted molar refractivity (Wildman–Crippen MR) is 112 cm³/mol. The summed E-state index contributed by atoms with van der Waals surface area (Å²) in [4.78, 5) is 12.5. The van der Waals surface area contributed by atoms with E-state index in [0.717, 1.165) is 36.1 Å². The Balaban J connectivity index is 1.54. The Hall–Kier alpha value is -3.14. The summed E-state index contributed by atoms with van der Waals surface area (Å²) < 4.78 is 1.96. The van der Waals surface area contributed by atoms with Crippen LogP contribution in [0.5, 0.6) is 0 Å². The molecule has 1 atom stereocenters. The Morgan fingerprint density at radius 3 is 2.50 bits per heavy atom. The molecule has 1 heterocycles. The summed E-state index contributed by atoms with van der Waals surface area (Å²) in [6.45, 7) is 1.21. The van der Waals surface area contributed by atoms with Crippen LogP contribution in [-0.2, 0) is 17.9 Å². The minimum Gasteiger partial charge on any atom is -0.352 e. The molecule has 0 spiro atoms. The first-order chi connectivity index (χ1) is 13.8. The smallest absolute Gasteiger partial charge is 0.223 e. The highest BCUT2D eigenvalue weighted by atomic mass is 16.1. The second-order valence-electron chi connectivity index (χ2n) is 7.25. The number of amides is 1. The van der Waals surface area contributed by atoms with Gasteiger partial charge in [-0.05, 0) is 24.8 Å². The van der Waals surface area contributed by atoms with E-state index >= 15 is 0 Å². The largest absolute Gasteiger partial charge is 0.352 e. The van der Waals surface area contributed by atoms with Crippen molar-refractivity contribution in [3.63, 3.8) is 0 Å². The van der Waals surface area contributed by atoms with Crippen molar-refractivity contribution in [1.82, 2.24) is 15.1 Å². The zero-order chi connectivity index (χ0) is 19.2. The van der Waals surface area contributed by atoms with Crippen LogP contribution in [0.3, 0.4) is 0 Å². The van der Waals surface area contributed by atoms with Crippen molar-refractivity contribution in [2.45, 2.75) is 32.4 Å². The molecule has 0 aliphatic heterocycles. The van der Waals surface area contributed by atoms with E-state index in [0.29, 0.717) is 13.1 Å². The van der Waals surface area contributed by atoms with E-state index in [2.05, 4.69) is 47.9 Å². The summed E-state index contributed by atoms with van der Waals surface area (Å²) in [6, 6.07) is 20.5. The van der Waals surface area contributed by atoms with E-state index in [1.54, 1.807) is 0 Å². The molecule has 0 saturated carbocycles. The van der Waals surface area contributed by atoms with E-state index < -0.39 is 0 Å². The number of allylic oxidation sites excluding steroid dienone is 2. The molecular weight excluding hydrogens is 346 g/mol. The molecule has 1 aliphatic rings. The lowest BCUT2D eigenvalue weighted by Gasteiger charge is -2.17. The van der Waals surface area contributed by atoms with Crippen LogP contribution in [0.25, 0.3) is 11.3 Å². The van der Waals surface area contributed by atoms with Crippen molar-refractivity contribution < 1.29 is 4.79 Å². The maximum absolute atomic E-state index is 12.5. The molecule has 28 heavy (non-hydrogen) atoms. The Morgan fingerprint density at radius 1 is 1.04 bits per heavy atom. The third-order valence-corrected chi connectivity index (χ3v) is 5.17. The lowest BCUT2D eigenvalue weighted by atomic mass is 9.93. The van der Waals surface area contributed by atoms with Gasteiger partial charge in [0.05, 0.1) is 12.2 Å². The predicted octanol–water partition coefficient (Wildman–Crippen LogP) is 4.57. The quantitative estimate of drug-likeness (QED) is 0.645. The molecule has 1 aromatic heterocycles. The molecule has 0 radical (unpaired) electrons. The molecular formula is C24H25N3O. The van der Waals surface area contributed by atoms with Crippen molar-refractivity contribution >= 4 is 5.91 Å². The molecule has 0 fully saturated rings. The molecule has 4 heteroatoms. The minimum atomic E-state index is 0.0875. The van der Waals surface area contributed by atoms with Gasteiger partial charge in [0, 0.05) is 29.8 Å². The summed E-state index contributed by atoms with van der Waals surface area (Å²) in [5.74, 6) is 0.226. The van der Waals surface area contributed by atoms with E-state index in [1.807, 2.05) is 41.1 Å². The van der Waals surface area contributed by atoms with Crippen LogP contribution >= 0.6 is 0 Å². The van der Waals surface area contributed by atoms with Crippen molar-refractivity contribution in [1.29, 1.82) is 0 Å². The van der Waals surface area contributed by atoms with Crippen LogP contribution < -0.4 is 5.32 Å². The molecule has 1 amide bonds. The maximum Gasteiger partial charge on any atom is 0.223 e. The number of hydrogen-bond donors (Lipinski definition) is 1. The number of nitrogens with one attached hydrogen (secondary N) is 1. The zero-order valence-corrected chi connectivity index (χ0v) is 15.9. The molecule has 0 saturated heterocycles. The summed E-state index contributed by atoms with van der Waals surface area (Å²) in [6.07, 6.45) is 9.08. The van der Waals surface area contributed by atoms with Gasteiger partial charge in [-0.25, -0.2) is 0 Å². The van der Waals surface area contributed by atoms with Crippen molar-refractivity contribution in [2.24, 2.45) is 5.92 Å². The van der Waals surface area contributed by atoms with Gasteiger partial charge >= 0.3 is 0 Å². The Bertz CT molecular complexity index is 944. The number of benzene rings is 2. The molecule has 4 rings (SSSR count). The minimum absolute atomic E-state index is 0.0875. The fraction of sp³-hybridized carbons (Fsp3) is 0.250. The van der Waals surface area contributed by atoms with Gasteiger partial charge in [-0.1, -0.05) is 72.8 Å². The van der Waals surface area contributed by atoms with E-state index in [4.69, 9.17) is 5.10 Å². The average Bonchev–Trinajstić information content (AvgIpc) is 3.16. The summed E-state index contributed by atoms with van der Waals surface area (Å²) in [5, 5.41) is 7.95. The second-order valence-corrected chi connectivity index (χ2v) is 7.25. The molecule has 1 aliphatic carbocycles. The van der Waals surface area contributed by atoms with Crippen LogP contribution in [0.2, 0.25) is 0 Å². The van der Waals surface area contributed by atoms with Gasteiger partial charge in [0.1, 0.15) is 0 Å². The number of aromatic nitrogens is 2. The van der Waals surface area contributed by atoms with Gasteiger partial charge in [0.2, 0.25) is 5.91 Å². The third-order valence-electron chi connectivity index (χ3n) is 5.17. The van der Waals surface area contributed by atoms with Crippen LogP contribution in [0, 0.1) is 5.92 Å². The molecule has 2 aromatic carbocycles. The van der Waals surface area contributed by atoms with Gasteiger partial charge in [-0.2, -0.15) is 5.10 Å². The SMILES string of the molecule is O=C(NCc1cn(Cc2ccccc2)nc1-c1ccccc1)C1CC=CCC1. The van der Waals surface area contributed by atoms with Crippen molar-refractivity contribution in [2.75, 3.05) is 0 Å². The fourth-order valence-corrected chi connectivity index (χ4v) is 3.64. The first-order valence-corrected chi connectivity index (χ1v) is 9.88. The number of rotatable bonds is 6. The topological polar surface area (TPSA) is 46.9 Å². The van der Waals surface area contributed by atoms with Crippen LogP contribution in [0.15, 0.2) is 79.0 Å². The standard InChI is InChI=1S/C24H25N3O/c28-24(21-14-8-3-9-15-21)25-16-22-18-27(17-19-10-4-1-5-11-19)26-23(22)20-12-6-2-7-13-20/h1-8,10-13,18,21H,9,14-17H2,(H,25,28). The van der Waals surface area contributed by atoms with Crippen LogP contribution in [-0.4, -0.2) is 15.7 Å². The maximum atomic E-state index is 12.5. The van der Waals surface area contributed by atoms with E-state index in [9.17, 15) is 4.79 Å². The normalized spacial score (nSPS) is 16.1. The molecule has 1 unspecified atom stereocenters. The second kappa shape index (κ2) is 8.70. The molecule has 0 bridgehead atoms. The Kier molecular flexibility index (Phi) is 5.66. The van der Waals surface area contributed by atoms with Gasteiger partial charge in [-0.3, -0.25) is 9.48 Å². The number of carbonyl (C=O) groups is 1. The number of carbonyl (C=O) groups excluding carboxylic acids is 1. The highest BCUT2D eigenvalue weighted by Crippen LogP contribution is 2.23. The highest BCUT2D eigenvalue weighted by molar-refractivity contribution is 5.79. The molecule has 4 nitrogen and oxygen atoms in total. The highest BCUT2D eigenvalue weighted by Gasteiger charge is 2.19. The molecule has 142 valence electrons. The van der Waals surface area contributed by atoms with Crippen molar-refractivity contribution in [3.8, 4) is 11.3 Å². The fourth-order valence-electron chi connectivity index (χ4n) is 3.64. The monoisotopic (exact) mass is 371 g/mol. The Morgan fingerprint density at radius 2 is 1.79 bits per heavy atom. The summed E-state index contributed by atoms with van der Waals surface area (Å²) >= 11 is 0. The first-order valence-electron chi connectivity index (χ1n) is 9.88. The van der Waals surface area contributed by atoms with Gasteiger partial charge in [0.15, 0.2) is 0 Å². The summed E-state index contributed by atoms with van der Waals surface area (Å²) in [5.41, 5.74) is 4.25. The third kappa shape index (κ3) is 4.39. The first kappa shape index (κ1) is 18.2. The number of nitrogens with zero attached hydrogens (tertiary/aromatic N) is 2. The molecule has 1 N–H and O–H groups in total.